The average Bonchev–Trinajstić information content (AvgIpc) is 2.28. The maximum Gasteiger partial charge on any atom is 0.0230 e. The lowest BCUT2D eigenvalue weighted by Crippen LogP contribution is -2.28. The molecule has 102 valence electrons. The predicted octanol–water partition coefficient (Wildman–Crippen LogP) is 3.01. The van der Waals surface area contributed by atoms with Crippen molar-refractivity contribution in [2.45, 2.75) is 39.7 Å². The van der Waals surface area contributed by atoms with E-state index in [4.69, 9.17) is 5.73 Å². The normalized spacial score (nSPS) is 13.9. The smallest absolute Gasteiger partial charge is 0.0230 e. The van der Waals surface area contributed by atoms with Gasteiger partial charge in [-0.25, -0.2) is 0 Å². The number of hydrogen-bond donors (Lipinski definition) is 1. The molecule has 0 aliphatic carbocycles. The quantitative estimate of drug-likeness (QED) is 0.868. The molecule has 1 unspecified atom stereocenters. The SMILES string of the molecule is CC(CN)CN(C)Cc1ccc(C(C)(C)C)cc1. The second kappa shape index (κ2) is 6.35. The zero-order valence-electron chi connectivity index (χ0n) is 12.5. The Bertz CT molecular complexity index is 348. The molecule has 0 bridgehead atoms. The molecule has 0 radical (unpaired) electrons. The van der Waals surface area contributed by atoms with Crippen molar-refractivity contribution in [3.63, 3.8) is 0 Å². The molecule has 0 aliphatic rings. The van der Waals surface area contributed by atoms with E-state index in [-0.39, 0.29) is 5.41 Å². The molecule has 2 N–H and O–H groups in total. The maximum absolute atomic E-state index is 5.65. The average molecular weight is 248 g/mol. The molecule has 0 spiro atoms. The summed E-state index contributed by atoms with van der Waals surface area (Å²) in [7, 11) is 2.16. The van der Waals surface area contributed by atoms with Gasteiger partial charge in [0, 0.05) is 13.1 Å². The fourth-order valence-electron chi connectivity index (χ4n) is 2.09. The van der Waals surface area contributed by atoms with E-state index in [0.717, 1.165) is 19.6 Å². The van der Waals surface area contributed by atoms with E-state index in [1.807, 2.05) is 0 Å². The molecule has 1 rings (SSSR count). The van der Waals surface area contributed by atoms with Crippen LogP contribution in [0.3, 0.4) is 0 Å². The molecule has 0 saturated heterocycles. The fourth-order valence-corrected chi connectivity index (χ4v) is 2.09. The Morgan fingerprint density at radius 1 is 1.17 bits per heavy atom. The first-order chi connectivity index (χ1) is 8.32. The summed E-state index contributed by atoms with van der Waals surface area (Å²) >= 11 is 0. The summed E-state index contributed by atoms with van der Waals surface area (Å²) in [6, 6.07) is 8.97. The Kier molecular flexibility index (Phi) is 5.36. The van der Waals surface area contributed by atoms with Gasteiger partial charge in [-0.3, -0.25) is 0 Å². The Hall–Kier alpha value is -0.860. The van der Waals surface area contributed by atoms with E-state index in [0.29, 0.717) is 5.92 Å². The molecule has 1 aromatic rings. The monoisotopic (exact) mass is 248 g/mol. The van der Waals surface area contributed by atoms with Gasteiger partial charge in [0.25, 0.3) is 0 Å². The van der Waals surface area contributed by atoms with Crippen LogP contribution in [0.1, 0.15) is 38.8 Å². The molecule has 2 nitrogen and oxygen atoms in total. The minimum absolute atomic E-state index is 0.235. The highest BCUT2D eigenvalue weighted by Gasteiger charge is 2.13. The zero-order valence-corrected chi connectivity index (χ0v) is 12.5. The van der Waals surface area contributed by atoms with Crippen LogP contribution in [0.4, 0.5) is 0 Å². The van der Waals surface area contributed by atoms with Crippen molar-refractivity contribution in [3.05, 3.63) is 35.4 Å². The van der Waals surface area contributed by atoms with Crippen molar-refractivity contribution in [2.24, 2.45) is 11.7 Å². The summed E-state index contributed by atoms with van der Waals surface area (Å²) in [6.07, 6.45) is 0. The van der Waals surface area contributed by atoms with Crippen LogP contribution in [0.5, 0.6) is 0 Å². The Morgan fingerprint density at radius 3 is 2.17 bits per heavy atom. The van der Waals surface area contributed by atoms with Crippen molar-refractivity contribution in [2.75, 3.05) is 20.1 Å². The lowest BCUT2D eigenvalue weighted by molar-refractivity contribution is 0.282. The number of hydrogen-bond acceptors (Lipinski definition) is 2. The zero-order chi connectivity index (χ0) is 13.8. The highest BCUT2D eigenvalue weighted by Crippen LogP contribution is 2.22. The molecule has 0 heterocycles. The van der Waals surface area contributed by atoms with E-state index in [9.17, 15) is 0 Å². The number of benzene rings is 1. The first-order valence-corrected chi connectivity index (χ1v) is 6.81. The van der Waals surface area contributed by atoms with Crippen molar-refractivity contribution < 1.29 is 0 Å². The second-order valence-corrected chi connectivity index (χ2v) is 6.48. The molecule has 18 heavy (non-hydrogen) atoms. The minimum Gasteiger partial charge on any atom is -0.330 e. The van der Waals surface area contributed by atoms with Crippen molar-refractivity contribution in [1.82, 2.24) is 4.90 Å². The van der Waals surface area contributed by atoms with Crippen LogP contribution >= 0.6 is 0 Å². The minimum atomic E-state index is 0.235. The van der Waals surface area contributed by atoms with Crippen LogP contribution in [-0.4, -0.2) is 25.0 Å². The van der Waals surface area contributed by atoms with Gasteiger partial charge >= 0.3 is 0 Å². The molecule has 0 fully saturated rings. The van der Waals surface area contributed by atoms with Gasteiger partial charge in [0.1, 0.15) is 0 Å². The van der Waals surface area contributed by atoms with Crippen molar-refractivity contribution in [3.8, 4) is 0 Å². The summed E-state index contributed by atoms with van der Waals surface area (Å²) in [4.78, 5) is 2.34. The van der Waals surface area contributed by atoms with Gasteiger partial charge < -0.3 is 10.6 Å². The third-order valence-corrected chi connectivity index (χ3v) is 3.30. The van der Waals surface area contributed by atoms with Gasteiger partial charge in [0.15, 0.2) is 0 Å². The summed E-state index contributed by atoms with van der Waals surface area (Å²) < 4.78 is 0. The molecule has 2 heteroatoms. The molecule has 1 aromatic carbocycles. The Morgan fingerprint density at radius 2 is 1.72 bits per heavy atom. The number of nitrogens with two attached hydrogens (primary N) is 1. The number of nitrogens with zero attached hydrogens (tertiary/aromatic N) is 1. The fraction of sp³-hybridized carbons (Fsp3) is 0.625. The Balaban J connectivity index is 2.58. The van der Waals surface area contributed by atoms with Gasteiger partial charge in [-0.05, 0) is 36.1 Å². The summed E-state index contributed by atoms with van der Waals surface area (Å²) in [6.45, 7) is 11.7. The van der Waals surface area contributed by atoms with Gasteiger partial charge in [0.2, 0.25) is 0 Å². The van der Waals surface area contributed by atoms with E-state index in [1.165, 1.54) is 11.1 Å². The standard InChI is InChI=1S/C16H28N2/c1-13(10-17)11-18(5)12-14-6-8-15(9-7-14)16(2,3)4/h6-9,13H,10-12,17H2,1-5H3. The topological polar surface area (TPSA) is 29.3 Å². The molecule has 1 atom stereocenters. The molecule has 0 amide bonds. The second-order valence-electron chi connectivity index (χ2n) is 6.48. The highest BCUT2D eigenvalue weighted by atomic mass is 15.1. The lowest BCUT2D eigenvalue weighted by atomic mass is 9.87. The Labute approximate surface area is 112 Å². The van der Waals surface area contributed by atoms with E-state index < -0.39 is 0 Å². The first-order valence-electron chi connectivity index (χ1n) is 6.81. The first kappa shape index (κ1) is 15.2. The summed E-state index contributed by atoms with van der Waals surface area (Å²) in [5.74, 6) is 0.559. The van der Waals surface area contributed by atoms with Crippen LogP contribution in [0.2, 0.25) is 0 Å². The van der Waals surface area contributed by atoms with Gasteiger partial charge in [-0.2, -0.15) is 0 Å². The van der Waals surface area contributed by atoms with Gasteiger partial charge in [-0.15, -0.1) is 0 Å². The van der Waals surface area contributed by atoms with Crippen LogP contribution in [0.25, 0.3) is 0 Å². The van der Waals surface area contributed by atoms with Gasteiger partial charge in [0.05, 0.1) is 0 Å². The van der Waals surface area contributed by atoms with Gasteiger partial charge in [-0.1, -0.05) is 52.0 Å². The van der Waals surface area contributed by atoms with Crippen molar-refractivity contribution in [1.29, 1.82) is 0 Å². The molecular formula is C16H28N2. The van der Waals surface area contributed by atoms with E-state index >= 15 is 0 Å². The molecule has 0 aliphatic heterocycles. The van der Waals surface area contributed by atoms with Crippen LogP contribution < -0.4 is 5.73 Å². The van der Waals surface area contributed by atoms with Crippen LogP contribution in [0, 0.1) is 5.92 Å². The lowest BCUT2D eigenvalue weighted by Gasteiger charge is -2.22. The molecule has 0 aromatic heterocycles. The summed E-state index contributed by atoms with van der Waals surface area (Å²) in [5.41, 5.74) is 8.65. The largest absolute Gasteiger partial charge is 0.330 e. The van der Waals surface area contributed by atoms with Crippen LogP contribution in [0.15, 0.2) is 24.3 Å². The van der Waals surface area contributed by atoms with E-state index in [1.54, 1.807) is 0 Å². The summed E-state index contributed by atoms with van der Waals surface area (Å²) in [5, 5.41) is 0. The molecular weight excluding hydrogens is 220 g/mol. The maximum atomic E-state index is 5.65. The molecule has 0 saturated carbocycles. The highest BCUT2D eigenvalue weighted by molar-refractivity contribution is 5.27. The van der Waals surface area contributed by atoms with Crippen LogP contribution in [-0.2, 0) is 12.0 Å². The third-order valence-electron chi connectivity index (χ3n) is 3.30. The van der Waals surface area contributed by atoms with Crippen molar-refractivity contribution >= 4 is 0 Å². The number of rotatable bonds is 5. The third kappa shape index (κ3) is 4.79. The van der Waals surface area contributed by atoms with E-state index in [2.05, 4.69) is 63.9 Å². The predicted molar refractivity (Wildman–Crippen MR) is 79.7 cm³/mol.